The van der Waals surface area contributed by atoms with E-state index in [0.717, 1.165) is 32.5 Å². The molecule has 1 N–H and O–H groups in total. The van der Waals surface area contributed by atoms with E-state index in [0.29, 0.717) is 6.61 Å². The van der Waals surface area contributed by atoms with Gasteiger partial charge in [-0.1, -0.05) is 11.3 Å². The van der Waals surface area contributed by atoms with Gasteiger partial charge in [0, 0.05) is 24.1 Å². The third-order valence-corrected chi connectivity index (χ3v) is 4.71. The van der Waals surface area contributed by atoms with Crippen LogP contribution in [0.5, 0.6) is 5.75 Å². The molecule has 2 heterocycles. The van der Waals surface area contributed by atoms with Crippen LogP contribution in [-0.4, -0.2) is 28.2 Å². The lowest BCUT2D eigenvalue weighted by atomic mass is 10.2. The number of aromatic nitrogens is 2. The van der Waals surface area contributed by atoms with Crippen LogP contribution in [0.3, 0.4) is 0 Å². The highest BCUT2D eigenvalue weighted by Crippen LogP contribution is 2.31. The predicted molar refractivity (Wildman–Crippen MR) is 86.4 cm³/mol. The molecule has 0 radical (unpaired) electrons. The quantitative estimate of drug-likeness (QED) is 0.733. The number of thiazole rings is 1. The number of hydrogen-bond acceptors (Lipinski definition) is 5. The van der Waals surface area contributed by atoms with Gasteiger partial charge in [0.15, 0.2) is 11.3 Å². The third kappa shape index (κ3) is 2.61. The Hall–Kier alpha value is -1.89. The fourth-order valence-electron chi connectivity index (χ4n) is 2.33. The van der Waals surface area contributed by atoms with E-state index in [-0.39, 0.29) is 0 Å². The molecule has 3 aromatic rings. The van der Waals surface area contributed by atoms with E-state index < -0.39 is 6.29 Å². The molecule has 0 bridgehead atoms. The SMILES string of the molecule is CCOC(O)c1sc2nc(-c3ccc(OC)cc3)cn2c1C. The molecule has 22 heavy (non-hydrogen) atoms. The number of aryl methyl sites for hydroxylation is 1. The monoisotopic (exact) mass is 318 g/mol. The van der Waals surface area contributed by atoms with E-state index in [1.54, 1.807) is 7.11 Å². The molecule has 1 unspecified atom stereocenters. The number of aliphatic hydroxyl groups excluding tert-OH is 1. The zero-order valence-electron chi connectivity index (χ0n) is 12.7. The van der Waals surface area contributed by atoms with Crippen LogP contribution in [0.1, 0.15) is 23.8 Å². The molecule has 0 saturated carbocycles. The first-order valence-corrected chi connectivity index (χ1v) is 7.88. The summed E-state index contributed by atoms with van der Waals surface area (Å²) in [6.45, 7) is 4.29. The fraction of sp³-hybridized carbons (Fsp3) is 0.312. The van der Waals surface area contributed by atoms with Crippen molar-refractivity contribution < 1.29 is 14.6 Å². The van der Waals surface area contributed by atoms with Gasteiger partial charge in [-0.3, -0.25) is 4.40 Å². The average molecular weight is 318 g/mol. The third-order valence-electron chi connectivity index (χ3n) is 3.53. The lowest BCUT2D eigenvalue weighted by Crippen LogP contribution is -2.02. The highest BCUT2D eigenvalue weighted by molar-refractivity contribution is 7.17. The highest BCUT2D eigenvalue weighted by Gasteiger charge is 2.18. The van der Waals surface area contributed by atoms with Crippen LogP contribution in [0.15, 0.2) is 30.5 Å². The summed E-state index contributed by atoms with van der Waals surface area (Å²) in [5.41, 5.74) is 2.88. The van der Waals surface area contributed by atoms with Crippen molar-refractivity contribution in [2.75, 3.05) is 13.7 Å². The second kappa shape index (κ2) is 6.08. The second-order valence-corrected chi connectivity index (χ2v) is 5.88. The Morgan fingerprint density at radius 1 is 1.32 bits per heavy atom. The lowest BCUT2D eigenvalue weighted by molar-refractivity contribution is -0.0960. The molecule has 0 saturated heterocycles. The molecular formula is C16H18N2O3S. The number of nitrogens with zero attached hydrogens (tertiary/aromatic N) is 2. The molecule has 6 heteroatoms. The van der Waals surface area contributed by atoms with Crippen LogP contribution in [0.2, 0.25) is 0 Å². The maximum atomic E-state index is 10.00. The van der Waals surface area contributed by atoms with Gasteiger partial charge in [-0.2, -0.15) is 0 Å². The summed E-state index contributed by atoms with van der Waals surface area (Å²) in [7, 11) is 1.65. The van der Waals surface area contributed by atoms with Crippen molar-refractivity contribution in [3.63, 3.8) is 0 Å². The number of ether oxygens (including phenoxy) is 2. The number of methoxy groups -OCH3 is 1. The number of hydrogen-bond donors (Lipinski definition) is 1. The largest absolute Gasteiger partial charge is 0.497 e. The maximum absolute atomic E-state index is 10.00. The van der Waals surface area contributed by atoms with Gasteiger partial charge in [-0.25, -0.2) is 4.98 Å². The fourth-order valence-corrected chi connectivity index (χ4v) is 3.37. The van der Waals surface area contributed by atoms with E-state index in [9.17, 15) is 5.11 Å². The van der Waals surface area contributed by atoms with Crippen LogP contribution in [0, 0.1) is 6.92 Å². The highest BCUT2D eigenvalue weighted by atomic mass is 32.1. The Kier molecular flexibility index (Phi) is 4.15. The van der Waals surface area contributed by atoms with E-state index in [1.165, 1.54) is 11.3 Å². The maximum Gasteiger partial charge on any atom is 0.194 e. The predicted octanol–water partition coefficient (Wildman–Crippen LogP) is 3.41. The minimum Gasteiger partial charge on any atom is -0.497 e. The molecule has 0 aliphatic heterocycles. The van der Waals surface area contributed by atoms with Gasteiger partial charge < -0.3 is 14.6 Å². The Morgan fingerprint density at radius 2 is 2.05 bits per heavy atom. The first kappa shape index (κ1) is 15.0. The van der Waals surface area contributed by atoms with Gasteiger partial charge in [0.2, 0.25) is 0 Å². The van der Waals surface area contributed by atoms with Gasteiger partial charge in [0.25, 0.3) is 0 Å². The first-order valence-electron chi connectivity index (χ1n) is 7.06. The minimum absolute atomic E-state index is 0.470. The van der Waals surface area contributed by atoms with Crippen molar-refractivity contribution in [3.05, 3.63) is 41.0 Å². The van der Waals surface area contributed by atoms with Gasteiger partial charge in [0.05, 0.1) is 17.7 Å². The number of fused-ring (bicyclic) bond motifs is 1. The Labute approximate surface area is 132 Å². The van der Waals surface area contributed by atoms with Crippen LogP contribution in [0.25, 0.3) is 16.2 Å². The lowest BCUT2D eigenvalue weighted by Gasteiger charge is -2.08. The van der Waals surface area contributed by atoms with Crippen molar-refractivity contribution in [1.29, 1.82) is 0 Å². The average Bonchev–Trinajstić information content (AvgIpc) is 3.08. The number of benzene rings is 1. The Balaban J connectivity index is 1.96. The molecule has 0 spiro atoms. The molecule has 2 aromatic heterocycles. The molecule has 0 aliphatic rings. The summed E-state index contributed by atoms with van der Waals surface area (Å²) in [6.07, 6.45) is 1.09. The second-order valence-electron chi connectivity index (χ2n) is 4.87. The van der Waals surface area contributed by atoms with Gasteiger partial charge in [0.1, 0.15) is 5.75 Å². The summed E-state index contributed by atoms with van der Waals surface area (Å²) < 4.78 is 12.4. The number of aliphatic hydroxyl groups is 1. The molecule has 0 aliphatic carbocycles. The number of imidazole rings is 1. The van der Waals surface area contributed by atoms with Crippen LogP contribution >= 0.6 is 11.3 Å². The van der Waals surface area contributed by atoms with Crippen molar-refractivity contribution >= 4 is 16.3 Å². The summed E-state index contributed by atoms with van der Waals surface area (Å²) in [6, 6.07) is 7.80. The molecular weight excluding hydrogens is 300 g/mol. The molecule has 1 atom stereocenters. The molecule has 1 aromatic carbocycles. The Bertz CT molecular complexity index is 777. The van der Waals surface area contributed by atoms with Crippen LogP contribution in [0.4, 0.5) is 0 Å². The molecule has 0 amide bonds. The van der Waals surface area contributed by atoms with Crippen molar-refractivity contribution in [1.82, 2.24) is 9.38 Å². The molecule has 3 rings (SSSR count). The van der Waals surface area contributed by atoms with Gasteiger partial charge >= 0.3 is 0 Å². The smallest absolute Gasteiger partial charge is 0.194 e. The first-order chi connectivity index (χ1) is 10.6. The zero-order chi connectivity index (χ0) is 15.7. The van der Waals surface area contributed by atoms with E-state index >= 15 is 0 Å². The molecule has 116 valence electrons. The topological polar surface area (TPSA) is 56.0 Å². The minimum atomic E-state index is -0.888. The van der Waals surface area contributed by atoms with Gasteiger partial charge in [-0.15, -0.1) is 0 Å². The van der Waals surface area contributed by atoms with Crippen LogP contribution in [-0.2, 0) is 4.74 Å². The van der Waals surface area contributed by atoms with E-state index in [2.05, 4.69) is 4.98 Å². The Morgan fingerprint density at radius 3 is 2.64 bits per heavy atom. The summed E-state index contributed by atoms with van der Waals surface area (Å²) in [5, 5.41) is 10.00. The standard InChI is InChI=1S/C16H18N2O3S/c1-4-21-15(19)14-10(2)18-9-13(17-16(18)22-14)11-5-7-12(20-3)8-6-11/h5-9,15,19H,4H2,1-3H3. The molecule has 5 nitrogen and oxygen atoms in total. The normalized spacial score (nSPS) is 12.7. The number of rotatable bonds is 5. The van der Waals surface area contributed by atoms with Crippen molar-refractivity contribution in [2.24, 2.45) is 0 Å². The van der Waals surface area contributed by atoms with Gasteiger partial charge in [-0.05, 0) is 38.1 Å². The summed E-state index contributed by atoms with van der Waals surface area (Å²) in [4.78, 5) is 6.28. The summed E-state index contributed by atoms with van der Waals surface area (Å²) in [5.74, 6) is 0.822. The zero-order valence-corrected chi connectivity index (χ0v) is 13.6. The molecule has 0 fully saturated rings. The summed E-state index contributed by atoms with van der Waals surface area (Å²) >= 11 is 1.45. The van der Waals surface area contributed by atoms with E-state index in [4.69, 9.17) is 9.47 Å². The van der Waals surface area contributed by atoms with Crippen molar-refractivity contribution in [2.45, 2.75) is 20.1 Å². The van der Waals surface area contributed by atoms with Crippen LogP contribution < -0.4 is 4.74 Å². The van der Waals surface area contributed by atoms with Crippen molar-refractivity contribution in [3.8, 4) is 17.0 Å². The van der Waals surface area contributed by atoms with E-state index in [1.807, 2.05) is 48.7 Å².